The Kier molecular flexibility index (Phi) is 6.54. The minimum Gasteiger partial charge on any atom is -0.474 e. The van der Waals surface area contributed by atoms with E-state index in [1.165, 1.54) is 41.6 Å². The number of thiocarbonyl (C=S) groups is 1. The molecule has 1 unspecified atom stereocenters. The van der Waals surface area contributed by atoms with Gasteiger partial charge in [-0.25, -0.2) is 14.2 Å². The SMILES string of the molecule is COC(=S)N(C)C1CN(c2ccc(N3CCN(C(=O)c4cnccn4)CC3)c(F)c2)C(=O)O1. The average molecular weight is 475 g/mol. The minimum absolute atomic E-state index is 0.181. The molecule has 2 fully saturated rings. The van der Waals surface area contributed by atoms with Crippen LogP contribution in [0.5, 0.6) is 0 Å². The number of nitrogens with zero attached hydrogens (tertiary/aromatic N) is 6. The first-order valence-corrected chi connectivity index (χ1v) is 10.7. The molecule has 174 valence electrons. The van der Waals surface area contributed by atoms with E-state index in [2.05, 4.69) is 9.97 Å². The summed E-state index contributed by atoms with van der Waals surface area (Å²) in [6.07, 6.45) is 3.20. The van der Waals surface area contributed by atoms with Gasteiger partial charge in [0.05, 0.1) is 31.2 Å². The first-order chi connectivity index (χ1) is 15.9. The van der Waals surface area contributed by atoms with Crippen molar-refractivity contribution in [3.63, 3.8) is 0 Å². The lowest BCUT2D eigenvalue weighted by molar-refractivity contribution is 0.0677. The molecule has 10 nitrogen and oxygen atoms in total. The summed E-state index contributed by atoms with van der Waals surface area (Å²) in [6, 6.07) is 4.62. The van der Waals surface area contributed by atoms with Crippen molar-refractivity contribution in [2.45, 2.75) is 6.23 Å². The number of aromatic nitrogens is 2. The third kappa shape index (κ3) is 4.65. The van der Waals surface area contributed by atoms with Gasteiger partial charge in [-0.05, 0) is 30.4 Å². The van der Waals surface area contributed by atoms with Crippen molar-refractivity contribution in [2.24, 2.45) is 0 Å². The van der Waals surface area contributed by atoms with Crippen molar-refractivity contribution in [1.82, 2.24) is 19.8 Å². The van der Waals surface area contributed by atoms with E-state index in [-0.39, 0.29) is 23.3 Å². The fraction of sp³-hybridized carbons (Fsp3) is 0.381. The molecule has 1 aromatic carbocycles. The Labute approximate surface area is 195 Å². The molecule has 0 N–H and O–H groups in total. The smallest absolute Gasteiger partial charge is 0.416 e. The summed E-state index contributed by atoms with van der Waals surface area (Å²) in [6.45, 7) is 1.98. The highest BCUT2D eigenvalue weighted by molar-refractivity contribution is 7.80. The lowest BCUT2D eigenvalue weighted by atomic mass is 10.2. The van der Waals surface area contributed by atoms with Crippen LogP contribution in [0.3, 0.4) is 0 Å². The number of carbonyl (C=O) groups excluding carboxylic acids is 2. The molecule has 1 atom stereocenters. The van der Waals surface area contributed by atoms with Gasteiger partial charge in [0, 0.05) is 45.6 Å². The molecule has 0 aliphatic carbocycles. The zero-order chi connectivity index (χ0) is 23.5. The van der Waals surface area contributed by atoms with Gasteiger partial charge < -0.3 is 19.3 Å². The molecule has 0 saturated carbocycles. The van der Waals surface area contributed by atoms with E-state index in [0.717, 1.165) is 0 Å². The molecule has 1 aromatic heterocycles. The van der Waals surface area contributed by atoms with E-state index in [9.17, 15) is 9.59 Å². The van der Waals surface area contributed by atoms with Crippen LogP contribution in [0.1, 0.15) is 10.5 Å². The topological polar surface area (TPSA) is 91.3 Å². The van der Waals surface area contributed by atoms with Crippen LogP contribution in [0.4, 0.5) is 20.6 Å². The Morgan fingerprint density at radius 1 is 1.27 bits per heavy atom. The number of halogens is 1. The van der Waals surface area contributed by atoms with Crippen molar-refractivity contribution < 1.29 is 23.5 Å². The monoisotopic (exact) mass is 474 g/mol. The standard InChI is InChI=1S/C21H23FN6O4S/c1-25(21(33)31-2)18-13-28(20(30)32-18)14-3-4-17(15(22)11-14)26-7-9-27(10-8-26)19(29)16-12-23-5-6-24-16/h3-6,11-12,18H,7-10,13H2,1-2H3. The van der Waals surface area contributed by atoms with Crippen LogP contribution in [0.2, 0.25) is 0 Å². The molecule has 0 spiro atoms. The van der Waals surface area contributed by atoms with E-state index in [1.807, 2.05) is 4.90 Å². The van der Waals surface area contributed by atoms with Crippen LogP contribution >= 0.6 is 12.2 Å². The Morgan fingerprint density at radius 2 is 2.03 bits per heavy atom. The van der Waals surface area contributed by atoms with Crippen LogP contribution < -0.4 is 9.80 Å². The maximum atomic E-state index is 15.0. The van der Waals surface area contributed by atoms with Gasteiger partial charge >= 0.3 is 6.09 Å². The molecule has 2 aliphatic rings. The highest BCUT2D eigenvalue weighted by Crippen LogP contribution is 2.29. The van der Waals surface area contributed by atoms with Crippen molar-refractivity contribution in [3.05, 3.63) is 48.3 Å². The molecule has 2 amide bonds. The second-order valence-electron chi connectivity index (χ2n) is 7.54. The third-order valence-corrected chi connectivity index (χ3v) is 6.08. The molecule has 4 rings (SSSR count). The predicted octanol–water partition coefficient (Wildman–Crippen LogP) is 1.72. The van der Waals surface area contributed by atoms with E-state index in [4.69, 9.17) is 21.7 Å². The van der Waals surface area contributed by atoms with E-state index in [0.29, 0.717) is 37.6 Å². The van der Waals surface area contributed by atoms with Gasteiger partial charge in [-0.1, -0.05) is 0 Å². The van der Waals surface area contributed by atoms with Crippen molar-refractivity contribution in [3.8, 4) is 0 Å². The first kappa shape index (κ1) is 22.6. The largest absolute Gasteiger partial charge is 0.474 e. The van der Waals surface area contributed by atoms with Gasteiger partial charge in [-0.2, -0.15) is 0 Å². The number of amides is 2. The van der Waals surface area contributed by atoms with Crippen molar-refractivity contribution in [2.75, 3.05) is 56.7 Å². The number of benzene rings is 1. The van der Waals surface area contributed by atoms with Crippen LogP contribution in [0.25, 0.3) is 0 Å². The Balaban J connectivity index is 1.40. The van der Waals surface area contributed by atoms with Crippen molar-refractivity contribution >= 4 is 40.8 Å². The number of likely N-dealkylation sites (N-methyl/N-ethyl adjacent to an activating group) is 1. The number of cyclic esters (lactones) is 1. The van der Waals surface area contributed by atoms with Gasteiger partial charge in [0.1, 0.15) is 11.5 Å². The van der Waals surface area contributed by atoms with Crippen LogP contribution in [0, 0.1) is 5.82 Å². The van der Waals surface area contributed by atoms with Gasteiger partial charge in [-0.15, -0.1) is 0 Å². The van der Waals surface area contributed by atoms with Gasteiger partial charge in [0.15, 0.2) is 6.23 Å². The molecular formula is C21H23FN6O4S. The van der Waals surface area contributed by atoms with Crippen LogP contribution in [0.15, 0.2) is 36.8 Å². The zero-order valence-electron chi connectivity index (χ0n) is 18.2. The number of ether oxygens (including phenoxy) is 2. The van der Waals surface area contributed by atoms with Gasteiger partial charge in [0.25, 0.3) is 11.1 Å². The summed E-state index contributed by atoms with van der Waals surface area (Å²) in [5.74, 6) is -0.656. The summed E-state index contributed by atoms with van der Waals surface area (Å²) >= 11 is 5.07. The second kappa shape index (κ2) is 9.53. The molecular weight excluding hydrogens is 451 g/mol. The molecule has 0 radical (unpaired) electrons. The van der Waals surface area contributed by atoms with E-state index in [1.54, 1.807) is 24.1 Å². The highest BCUT2D eigenvalue weighted by atomic mass is 32.1. The van der Waals surface area contributed by atoms with Crippen LogP contribution in [-0.4, -0.2) is 90.1 Å². The molecule has 12 heteroatoms. The lowest BCUT2D eigenvalue weighted by Crippen LogP contribution is -2.49. The summed E-state index contributed by atoms with van der Waals surface area (Å²) in [7, 11) is 3.10. The maximum Gasteiger partial charge on any atom is 0.416 e. The summed E-state index contributed by atoms with van der Waals surface area (Å²) < 4.78 is 25.3. The number of piperazine rings is 1. The van der Waals surface area contributed by atoms with Gasteiger partial charge in [-0.3, -0.25) is 19.6 Å². The number of methoxy groups -OCH3 is 1. The number of rotatable bonds is 4. The van der Waals surface area contributed by atoms with E-state index >= 15 is 4.39 Å². The lowest BCUT2D eigenvalue weighted by Gasteiger charge is -2.36. The number of hydrogen-bond acceptors (Lipinski definition) is 8. The highest BCUT2D eigenvalue weighted by Gasteiger charge is 2.36. The Hall–Kier alpha value is -3.54. The number of anilines is 2. The maximum absolute atomic E-state index is 15.0. The van der Waals surface area contributed by atoms with Gasteiger partial charge in [0.2, 0.25) is 0 Å². The average Bonchev–Trinajstić information content (AvgIpc) is 3.24. The zero-order valence-corrected chi connectivity index (χ0v) is 19.0. The predicted molar refractivity (Wildman–Crippen MR) is 122 cm³/mol. The summed E-state index contributed by atoms with van der Waals surface area (Å²) in [5.41, 5.74) is 1.08. The molecule has 33 heavy (non-hydrogen) atoms. The summed E-state index contributed by atoms with van der Waals surface area (Å²) in [5, 5.41) is 0.188. The number of carbonyl (C=O) groups is 2. The Bertz CT molecular complexity index is 1050. The second-order valence-corrected chi connectivity index (χ2v) is 7.88. The van der Waals surface area contributed by atoms with Crippen LogP contribution in [-0.2, 0) is 9.47 Å². The Morgan fingerprint density at radius 3 is 2.67 bits per heavy atom. The third-order valence-electron chi connectivity index (χ3n) is 5.62. The van der Waals surface area contributed by atoms with Crippen molar-refractivity contribution in [1.29, 1.82) is 0 Å². The molecule has 2 aliphatic heterocycles. The fourth-order valence-electron chi connectivity index (χ4n) is 3.76. The quantitative estimate of drug-likeness (QED) is 0.615. The van der Waals surface area contributed by atoms with E-state index < -0.39 is 18.1 Å². The minimum atomic E-state index is -0.632. The summed E-state index contributed by atoms with van der Waals surface area (Å²) in [4.78, 5) is 39.3. The normalized spacial score (nSPS) is 18.2. The molecule has 3 heterocycles. The molecule has 0 bridgehead atoms. The fourth-order valence-corrected chi connectivity index (χ4v) is 3.88. The first-order valence-electron chi connectivity index (χ1n) is 10.3. The molecule has 2 aromatic rings. The number of hydrogen-bond donors (Lipinski definition) is 0. The molecule has 2 saturated heterocycles.